The van der Waals surface area contributed by atoms with Crippen molar-refractivity contribution in [2.45, 2.75) is 32.0 Å². The Bertz CT molecular complexity index is 609. The molecule has 1 aromatic rings. The minimum absolute atomic E-state index is 0.292. The van der Waals surface area contributed by atoms with E-state index in [9.17, 15) is 14.4 Å². The first-order valence-electron chi connectivity index (χ1n) is 8.03. The van der Waals surface area contributed by atoms with E-state index < -0.39 is 30.1 Å². The quantitative estimate of drug-likeness (QED) is 0.519. The molecule has 0 heterocycles. The molecule has 0 aliphatic rings. The van der Waals surface area contributed by atoms with E-state index in [0.29, 0.717) is 18.7 Å². The van der Waals surface area contributed by atoms with E-state index in [4.69, 9.17) is 15.2 Å². The van der Waals surface area contributed by atoms with E-state index in [1.807, 2.05) is 18.4 Å². The number of thioether (sulfide) groups is 1. The van der Waals surface area contributed by atoms with Crippen molar-refractivity contribution in [1.82, 2.24) is 10.6 Å². The molecule has 9 heteroatoms. The molecule has 8 nitrogen and oxygen atoms in total. The van der Waals surface area contributed by atoms with Gasteiger partial charge < -0.3 is 25.8 Å². The van der Waals surface area contributed by atoms with Gasteiger partial charge in [0.25, 0.3) is 5.91 Å². The first-order chi connectivity index (χ1) is 12.4. The van der Waals surface area contributed by atoms with Crippen LogP contribution in [0.2, 0.25) is 0 Å². The predicted octanol–water partition coefficient (Wildman–Crippen LogP) is 1.03. The molecular formula is C17H25N3O5S. The molecule has 0 radical (unpaired) electrons. The maximum absolute atomic E-state index is 12.1. The number of methoxy groups -OCH3 is 1. The minimum atomic E-state index is -0.993. The van der Waals surface area contributed by atoms with Gasteiger partial charge >= 0.3 is 12.0 Å². The maximum atomic E-state index is 12.1. The topological polar surface area (TPSA) is 120 Å². The van der Waals surface area contributed by atoms with E-state index in [0.717, 1.165) is 11.3 Å². The van der Waals surface area contributed by atoms with Crippen LogP contribution in [-0.2, 0) is 20.9 Å². The number of hydrogen-bond donors (Lipinski definition) is 3. The van der Waals surface area contributed by atoms with Gasteiger partial charge in [0.15, 0.2) is 6.10 Å². The molecule has 0 aromatic heterocycles. The van der Waals surface area contributed by atoms with Gasteiger partial charge in [0, 0.05) is 6.54 Å². The Morgan fingerprint density at radius 2 is 1.88 bits per heavy atom. The molecule has 2 atom stereocenters. The molecule has 26 heavy (non-hydrogen) atoms. The number of rotatable bonds is 10. The van der Waals surface area contributed by atoms with Crippen LogP contribution < -0.4 is 21.1 Å². The average Bonchev–Trinajstić information content (AvgIpc) is 2.63. The molecule has 4 N–H and O–H groups in total. The van der Waals surface area contributed by atoms with Crippen molar-refractivity contribution >= 4 is 29.7 Å². The fourth-order valence-corrected chi connectivity index (χ4v) is 2.51. The van der Waals surface area contributed by atoms with Gasteiger partial charge in [-0.15, -0.1) is 0 Å². The molecule has 0 bridgehead atoms. The van der Waals surface area contributed by atoms with Crippen molar-refractivity contribution in [2.75, 3.05) is 19.1 Å². The fraction of sp³-hybridized carbons (Fsp3) is 0.471. The molecule has 1 aromatic carbocycles. The molecule has 0 aliphatic heterocycles. The lowest BCUT2D eigenvalue weighted by Gasteiger charge is -2.19. The van der Waals surface area contributed by atoms with E-state index in [1.165, 1.54) is 18.7 Å². The average molecular weight is 383 g/mol. The van der Waals surface area contributed by atoms with Gasteiger partial charge in [-0.05, 0) is 43.0 Å². The lowest BCUT2D eigenvalue weighted by molar-refractivity contribution is -0.156. The number of esters is 1. The summed E-state index contributed by atoms with van der Waals surface area (Å²) in [6.45, 7) is 1.76. The normalized spacial score (nSPS) is 12.6. The number of nitrogens with one attached hydrogen (secondary N) is 2. The Morgan fingerprint density at radius 1 is 1.23 bits per heavy atom. The summed E-state index contributed by atoms with van der Waals surface area (Å²) in [4.78, 5) is 35.3. The van der Waals surface area contributed by atoms with Crippen molar-refractivity contribution in [3.05, 3.63) is 29.8 Å². The van der Waals surface area contributed by atoms with Crippen LogP contribution in [-0.4, -0.2) is 49.2 Å². The summed E-state index contributed by atoms with van der Waals surface area (Å²) in [5.74, 6) is 0.236. The van der Waals surface area contributed by atoms with Crippen molar-refractivity contribution in [2.24, 2.45) is 5.73 Å². The van der Waals surface area contributed by atoms with Crippen molar-refractivity contribution in [1.29, 1.82) is 0 Å². The number of urea groups is 1. The van der Waals surface area contributed by atoms with E-state index in [1.54, 1.807) is 19.2 Å². The van der Waals surface area contributed by atoms with Crippen LogP contribution in [0.25, 0.3) is 0 Å². The molecular weight excluding hydrogens is 358 g/mol. The van der Waals surface area contributed by atoms with Crippen molar-refractivity contribution in [3.8, 4) is 5.75 Å². The van der Waals surface area contributed by atoms with E-state index in [2.05, 4.69) is 10.6 Å². The number of hydrogen-bond acceptors (Lipinski definition) is 6. The first-order valence-corrected chi connectivity index (χ1v) is 9.42. The zero-order valence-corrected chi connectivity index (χ0v) is 15.9. The largest absolute Gasteiger partial charge is 0.497 e. The van der Waals surface area contributed by atoms with Gasteiger partial charge in [-0.25, -0.2) is 9.59 Å². The molecule has 0 fully saturated rings. The Morgan fingerprint density at radius 3 is 2.42 bits per heavy atom. The Hall–Kier alpha value is -2.42. The number of nitrogens with two attached hydrogens (primary N) is 1. The van der Waals surface area contributed by atoms with Crippen molar-refractivity contribution < 1.29 is 23.9 Å². The third-order valence-electron chi connectivity index (χ3n) is 3.50. The summed E-state index contributed by atoms with van der Waals surface area (Å²) < 4.78 is 10.2. The van der Waals surface area contributed by atoms with Crippen LogP contribution in [0.15, 0.2) is 24.3 Å². The standard InChI is InChI=1S/C17H25N3O5S/c1-11(25-16(22)14(8-9-26-3)20-17(18)23)15(21)19-10-12-4-6-13(24-2)7-5-12/h4-7,11,14H,8-10H2,1-3H3,(H,19,21)(H3,18,20,23)/t11-,14-/m1/s1. The van der Waals surface area contributed by atoms with Crippen LogP contribution >= 0.6 is 11.8 Å². The zero-order valence-electron chi connectivity index (χ0n) is 15.1. The SMILES string of the molecule is COc1ccc(CNC(=O)[C@@H](C)OC(=O)[C@@H](CCSC)NC(N)=O)cc1. The lowest BCUT2D eigenvalue weighted by Crippen LogP contribution is -2.47. The van der Waals surface area contributed by atoms with Gasteiger partial charge in [0.1, 0.15) is 11.8 Å². The summed E-state index contributed by atoms with van der Waals surface area (Å²) in [6.07, 6.45) is 1.25. The summed E-state index contributed by atoms with van der Waals surface area (Å²) in [7, 11) is 1.58. The van der Waals surface area contributed by atoms with Gasteiger partial charge in [-0.2, -0.15) is 11.8 Å². The molecule has 0 saturated carbocycles. The molecule has 3 amide bonds. The summed E-state index contributed by atoms with van der Waals surface area (Å²) >= 11 is 1.52. The number of carbonyl (C=O) groups is 3. The van der Waals surface area contributed by atoms with Crippen LogP contribution in [0.4, 0.5) is 4.79 Å². The highest BCUT2D eigenvalue weighted by Gasteiger charge is 2.25. The molecule has 1 rings (SSSR count). The van der Waals surface area contributed by atoms with E-state index >= 15 is 0 Å². The number of carbonyl (C=O) groups excluding carboxylic acids is 3. The minimum Gasteiger partial charge on any atom is -0.497 e. The van der Waals surface area contributed by atoms with Crippen LogP contribution in [0.1, 0.15) is 18.9 Å². The Balaban J connectivity index is 2.52. The number of ether oxygens (including phenoxy) is 2. The summed E-state index contributed by atoms with van der Waals surface area (Å²) in [5.41, 5.74) is 5.95. The fourth-order valence-electron chi connectivity index (χ4n) is 2.04. The molecule has 144 valence electrons. The number of primary amides is 1. The third-order valence-corrected chi connectivity index (χ3v) is 4.14. The zero-order chi connectivity index (χ0) is 19.5. The van der Waals surface area contributed by atoms with Gasteiger partial charge in [-0.3, -0.25) is 4.79 Å². The molecule has 0 spiro atoms. The van der Waals surface area contributed by atoms with Crippen LogP contribution in [0.5, 0.6) is 5.75 Å². The number of benzene rings is 1. The summed E-state index contributed by atoms with van der Waals surface area (Å²) in [6, 6.07) is 5.53. The monoisotopic (exact) mass is 383 g/mol. The smallest absolute Gasteiger partial charge is 0.329 e. The highest BCUT2D eigenvalue weighted by atomic mass is 32.2. The third kappa shape index (κ3) is 7.64. The van der Waals surface area contributed by atoms with E-state index in [-0.39, 0.29) is 0 Å². The van der Waals surface area contributed by atoms with Crippen LogP contribution in [0.3, 0.4) is 0 Å². The van der Waals surface area contributed by atoms with Gasteiger partial charge in [-0.1, -0.05) is 12.1 Å². The lowest BCUT2D eigenvalue weighted by atomic mass is 10.2. The number of amides is 3. The Kier molecular flexibility index (Phi) is 9.35. The summed E-state index contributed by atoms with van der Waals surface area (Å²) in [5, 5.41) is 5.03. The van der Waals surface area contributed by atoms with Gasteiger partial charge in [0.2, 0.25) is 0 Å². The van der Waals surface area contributed by atoms with Crippen LogP contribution in [0, 0.1) is 0 Å². The van der Waals surface area contributed by atoms with Crippen molar-refractivity contribution in [3.63, 3.8) is 0 Å². The molecule has 0 saturated heterocycles. The van der Waals surface area contributed by atoms with Gasteiger partial charge in [0.05, 0.1) is 7.11 Å². The Labute approximate surface area is 157 Å². The second-order valence-electron chi connectivity index (χ2n) is 5.49. The predicted molar refractivity (Wildman–Crippen MR) is 99.9 cm³/mol. The molecule has 0 unspecified atom stereocenters. The second-order valence-corrected chi connectivity index (χ2v) is 6.47. The second kappa shape index (κ2) is 11.2. The molecule has 0 aliphatic carbocycles. The first kappa shape index (κ1) is 21.6. The highest BCUT2D eigenvalue weighted by molar-refractivity contribution is 7.98. The highest BCUT2D eigenvalue weighted by Crippen LogP contribution is 2.11. The maximum Gasteiger partial charge on any atom is 0.329 e.